The maximum Gasteiger partial charge on any atom is 0.244 e. The first kappa shape index (κ1) is 14.5. The maximum atomic E-state index is 12.5. The van der Waals surface area contributed by atoms with Crippen LogP contribution in [-0.2, 0) is 14.4 Å². The molecule has 2 bridgehead atoms. The van der Waals surface area contributed by atoms with Crippen molar-refractivity contribution in [2.45, 2.75) is 6.42 Å². The molecule has 0 spiro atoms. The van der Waals surface area contributed by atoms with E-state index in [1.807, 2.05) is 12.2 Å². The summed E-state index contributed by atoms with van der Waals surface area (Å²) in [5, 5.41) is 3.25. The smallest absolute Gasteiger partial charge is 0.244 e. The second kappa shape index (κ2) is 5.20. The van der Waals surface area contributed by atoms with Crippen LogP contribution in [0.15, 0.2) is 36.4 Å². The van der Waals surface area contributed by atoms with Crippen LogP contribution in [-0.4, -0.2) is 29.2 Å². The van der Waals surface area contributed by atoms with E-state index in [-0.39, 0.29) is 47.9 Å². The van der Waals surface area contributed by atoms with E-state index in [1.54, 1.807) is 24.3 Å². The molecule has 3 amide bonds. The third-order valence-electron chi connectivity index (χ3n) is 4.99. The first-order valence-corrected chi connectivity index (χ1v) is 8.01. The average molecular weight is 331 g/mol. The zero-order valence-corrected chi connectivity index (χ0v) is 13.0. The average Bonchev–Trinajstić information content (AvgIpc) is 3.19. The molecule has 1 saturated heterocycles. The van der Waals surface area contributed by atoms with Crippen molar-refractivity contribution < 1.29 is 14.4 Å². The lowest BCUT2D eigenvalue weighted by Gasteiger charge is -2.16. The van der Waals surface area contributed by atoms with E-state index in [4.69, 9.17) is 11.6 Å². The number of benzene rings is 1. The number of carbonyl (C=O) groups is 3. The van der Waals surface area contributed by atoms with Crippen LogP contribution < -0.4 is 5.32 Å². The number of hydrogen-bond acceptors (Lipinski definition) is 3. The van der Waals surface area contributed by atoms with E-state index < -0.39 is 0 Å². The van der Waals surface area contributed by atoms with E-state index in [2.05, 4.69) is 5.32 Å². The SMILES string of the molecule is O=C(CN1C(=O)C2C3C=CC(C3)C2C1=O)Nc1ccc(Cl)cc1. The molecule has 5 nitrogen and oxygen atoms in total. The second-order valence-corrected chi connectivity index (χ2v) is 6.75. The molecule has 1 saturated carbocycles. The van der Waals surface area contributed by atoms with Crippen LogP contribution in [0, 0.1) is 23.7 Å². The van der Waals surface area contributed by atoms with Gasteiger partial charge in [-0.3, -0.25) is 19.3 Å². The fraction of sp³-hybridized carbons (Fsp3) is 0.353. The van der Waals surface area contributed by atoms with Gasteiger partial charge in [0.2, 0.25) is 17.7 Å². The van der Waals surface area contributed by atoms with Gasteiger partial charge in [-0.15, -0.1) is 0 Å². The third kappa shape index (κ3) is 2.27. The Labute approximate surface area is 138 Å². The van der Waals surface area contributed by atoms with Gasteiger partial charge in [-0.2, -0.15) is 0 Å². The predicted molar refractivity (Wildman–Crippen MR) is 84.5 cm³/mol. The first-order chi connectivity index (χ1) is 11.0. The summed E-state index contributed by atoms with van der Waals surface area (Å²) >= 11 is 5.80. The van der Waals surface area contributed by atoms with Gasteiger partial charge in [0.25, 0.3) is 0 Å². The molecule has 23 heavy (non-hydrogen) atoms. The van der Waals surface area contributed by atoms with Gasteiger partial charge in [0.05, 0.1) is 11.8 Å². The monoisotopic (exact) mass is 330 g/mol. The summed E-state index contributed by atoms with van der Waals surface area (Å²) in [7, 11) is 0. The van der Waals surface area contributed by atoms with E-state index in [0.717, 1.165) is 11.3 Å². The summed E-state index contributed by atoms with van der Waals surface area (Å²) in [4.78, 5) is 38.2. The molecule has 0 aromatic heterocycles. The van der Waals surface area contributed by atoms with Crippen LogP contribution in [0.5, 0.6) is 0 Å². The third-order valence-corrected chi connectivity index (χ3v) is 5.24. The summed E-state index contributed by atoms with van der Waals surface area (Å²) in [6.45, 7) is -0.229. The number of hydrogen-bond donors (Lipinski definition) is 1. The standard InChI is InChI=1S/C17H15ClN2O3/c18-11-3-5-12(6-4-11)19-13(21)8-20-16(22)14-9-1-2-10(7-9)15(14)17(20)23/h1-6,9-10,14-15H,7-8H2,(H,19,21). The van der Waals surface area contributed by atoms with Gasteiger partial charge in [-0.25, -0.2) is 0 Å². The van der Waals surface area contributed by atoms with E-state index in [9.17, 15) is 14.4 Å². The number of likely N-dealkylation sites (tertiary alicyclic amines) is 1. The van der Waals surface area contributed by atoms with Gasteiger partial charge >= 0.3 is 0 Å². The predicted octanol–water partition coefficient (Wildman–Crippen LogP) is 2.09. The Hall–Kier alpha value is -2.14. The van der Waals surface area contributed by atoms with Gasteiger partial charge in [0.15, 0.2) is 0 Å². The topological polar surface area (TPSA) is 66.5 Å². The number of amides is 3. The van der Waals surface area contributed by atoms with Crippen molar-refractivity contribution in [2.24, 2.45) is 23.7 Å². The van der Waals surface area contributed by atoms with Gasteiger partial charge in [-0.05, 0) is 42.5 Å². The van der Waals surface area contributed by atoms with Crippen LogP contribution in [0.1, 0.15) is 6.42 Å². The quantitative estimate of drug-likeness (QED) is 0.681. The molecule has 2 aliphatic carbocycles. The Morgan fingerprint density at radius 1 is 1.09 bits per heavy atom. The van der Waals surface area contributed by atoms with Crippen molar-refractivity contribution in [1.29, 1.82) is 0 Å². The molecule has 0 radical (unpaired) electrons. The Morgan fingerprint density at radius 3 is 2.22 bits per heavy atom. The Morgan fingerprint density at radius 2 is 1.65 bits per heavy atom. The van der Waals surface area contributed by atoms with Crippen molar-refractivity contribution in [3.63, 3.8) is 0 Å². The lowest BCUT2D eigenvalue weighted by Crippen LogP contribution is -2.39. The Balaban J connectivity index is 1.45. The fourth-order valence-corrected chi connectivity index (χ4v) is 4.12. The highest BCUT2D eigenvalue weighted by atomic mass is 35.5. The highest BCUT2D eigenvalue weighted by Crippen LogP contribution is 2.52. The molecular weight excluding hydrogens is 316 g/mol. The number of halogens is 1. The zero-order chi connectivity index (χ0) is 16.1. The Kier molecular flexibility index (Phi) is 3.27. The summed E-state index contributed by atoms with van der Waals surface area (Å²) in [6.07, 6.45) is 4.96. The minimum absolute atomic E-state index is 0.158. The summed E-state index contributed by atoms with van der Waals surface area (Å²) in [6, 6.07) is 6.67. The molecule has 1 aromatic carbocycles. The highest BCUT2D eigenvalue weighted by molar-refractivity contribution is 6.30. The van der Waals surface area contributed by atoms with Crippen LogP contribution in [0.2, 0.25) is 5.02 Å². The first-order valence-electron chi connectivity index (χ1n) is 7.63. The molecule has 118 valence electrons. The van der Waals surface area contributed by atoms with Crippen LogP contribution in [0.4, 0.5) is 5.69 Å². The molecule has 4 atom stereocenters. The number of imide groups is 1. The number of nitrogens with one attached hydrogen (secondary N) is 1. The van der Waals surface area contributed by atoms with Crippen molar-refractivity contribution in [3.05, 3.63) is 41.4 Å². The van der Waals surface area contributed by atoms with Crippen molar-refractivity contribution in [3.8, 4) is 0 Å². The van der Waals surface area contributed by atoms with Gasteiger partial charge in [-0.1, -0.05) is 23.8 Å². The number of nitrogens with zero attached hydrogens (tertiary/aromatic N) is 1. The minimum Gasteiger partial charge on any atom is -0.325 e. The lowest BCUT2D eigenvalue weighted by atomic mass is 9.85. The summed E-state index contributed by atoms with van der Waals surface area (Å²) in [5.74, 6) is -1.00. The molecule has 3 aliphatic rings. The Bertz CT molecular complexity index is 698. The number of allylic oxidation sites excluding steroid dienone is 2. The lowest BCUT2D eigenvalue weighted by molar-refractivity contribution is -0.143. The van der Waals surface area contributed by atoms with Crippen LogP contribution in [0.3, 0.4) is 0 Å². The van der Waals surface area contributed by atoms with Crippen molar-refractivity contribution in [1.82, 2.24) is 4.90 Å². The second-order valence-electron chi connectivity index (χ2n) is 6.32. The number of anilines is 1. The van der Waals surface area contributed by atoms with Crippen molar-refractivity contribution in [2.75, 3.05) is 11.9 Å². The van der Waals surface area contributed by atoms with Crippen LogP contribution >= 0.6 is 11.6 Å². The molecular formula is C17H15ClN2O3. The normalized spacial score (nSPS) is 30.9. The van der Waals surface area contributed by atoms with Crippen molar-refractivity contribution >= 4 is 35.0 Å². The molecule has 1 aliphatic heterocycles. The molecule has 2 fully saturated rings. The van der Waals surface area contributed by atoms with E-state index in [0.29, 0.717) is 10.7 Å². The summed E-state index contributed by atoms with van der Waals surface area (Å²) in [5.41, 5.74) is 0.584. The van der Waals surface area contributed by atoms with E-state index >= 15 is 0 Å². The number of rotatable bonds is 3. The van der Waals surface area contributed by atoms with Gasteiger partial charge < -0.3 is 5.32 Å². The molecule has 6 heteroatoms. The molecule has 4 unspecified atom stereocenters. The van der Waals surface area contributed by atoms with E-state index in [1.165, 1.54) is 0 Å². The number of fused-ring (bicyclic) bond motifs is 5. The molecule has 1 N–H and O–H groups in total. The molecule has 1 heterocycles. The molecule has 1 aromatic rings. The molecule has 4 rings (SSSR count). The highest BCUT2D eigenvalue weighted by Gasteiger charge is 2.59. The van der Waals surface area contributed by atoms with Crippen LogP contribution in [0.25, 0.3) is 0 Å². The minimum atomic E-state index is -0.380. The summed E-state index contributed by atoms with van der Waals surface area (Å²) < 4.78 is 0. The largest absolute Gasteiger partial charge is 0.325 e. The fourth-order valence-electron chi connectivity index (χ4n) is 4.00. The zero-order valence-electron chi connectivity index (χ0n) is 12.2. The van der Waals surface area contributed by atoms with Gasteiger partial charge in [0.1, 0.15) is 6.54 Å². The van der Waals surface area contributed by atoms with Gasteiger partial charge in [0, 0.05) is 10.7 Å². The number of carbonyl (C=O) groups excluding carboxylic acids is 3. The maximum absolute atomic E-state index is 12.5.